The van der Waals surface area contributed by atoms with Gasteiger partial charge in [0.2, 0.25) is 0 Å². The Balaban J connectivity index is 1.54. The molecule has 0 aliphatic heterocycles. The zero-order valence-corrected chi connectivity index (χ0v) is 13.0. The Morgan fingerprint density at radius 3 is 3.09 bits per heavy atom. The summed E-state index contributed by atoms with van der Waals surface area (Å²) in [5.41, 5.74) is 1.13. The zero-order valence-electron chi connectivity index (χ0n) is 12.2. The average molecular weight is 315 g/mol. The Bertz CT molecular complexity index is 760. The van der Waals surface area contributed by atoms with E-state index >= 15 is 0 Å². The van der Waals surface area contributed by atoms with Gasteiger partial charge in [-0.05, 0) is 36.1 Å². The minimum absolute atomic E-state index is 0.230. The van der Waals surface area contributed by atoms with E-state index in [9.17, 15) is 5.11 Å². The summed E-state index contributed by atoms with van der Waals surface area (Å²) in [6.45, 7) is 2.61. The number of ether oxygens (including phenoxy) is 1. The predicted octanol–water partition coefficient (Wildman–Crippen LogP) is 2.85. The molecular formula is C16H17N3O2S. The number of benzene rings is 1. The number of nitrogens with one attached hydrogen (secondary N) is 1. The lowest BCUT2D eigenvalue weighted by molar-refractivity contribution is 0.117. The fourth-order valence-corrected chi connectivity index (χ4v) is 2.83. The molecule has 6 heteroatoms. The summed E-state index contributed by atoms with van der Waals surface area (Å²) in [5, 5.41) is 16.1. The fraction of sp³-hybridized carbons (Fsp3) is 0.250. The number of aliphatic hydroxyl groups excluding tert-OH is 1. The van der Waals surface area contributed by atoms with Crippen molar-refractivity contribution in [1.82, 2.24) is 9.97 Å². The number of hydrogen-bond donors (Lipinski definition) is 2. The van der Waals surface area contributed by atoms with Crippen LogP contribution in [-0.4, -0.2) is 34.3 Å². The Kier molecular flexibility index (Phi) is 4.50. The van der Waals surface area contributed by atoms with Crippen LogP contribution in [0.5, 0.6) is 5.75 Å². The Hall–Kier alpha value is -2.18. The van der Waals surface area contributed by atoms with E-state index in [-0.39, 0.29) is 6.61 Å². The van der Waals surface area contributed by atoms with Crippen molar-refractivity contribution in [3.63, 3.8) is 0 Å². The van der Waals surface area contributed by atoms with Gasteiger partial charge < -0.3 is 15.2 Å². The van der Waals surface area contributed by atoms with Crippen molar-refractivity contribution in [3.8, 4) is 5.75 Å². The van der Waals surface area contributed by atoms with Gasteiger partial charge >= 0.3 is 0 Å². The van der Waals surface area contributed by atoms with Crippen LogP contribution in [0.25, 0.3) is 10.2 Å². The molecule has 0 aliphatic carbocycles. The summed E-state index contributed by atoms with van der Waals surface area (Å²) in [7, 11) is 0. The van der Waals surface area contributed by atoms with Crippen LogP contribution in [0.15, 0.2) is 42.0 Å². The summed E-state index contributed by atoms with van der Waals surface area (Å²) in [4.78, 5) is 9.34. The Morgan fingerprint density at radius 2 is 2.23 bits per heavy atom. The largest absolute Gasteiger partial charge is 0.491 e. The van der Waals surface area contributed by atoms with Crippen molar-refractivity contribution in [2.24, 2.45) is 0 Å². The van der Waals surface area contributed by atoms with E-state index in [0.717, 1.165) is 27.3 Å². The predicted molar refractivity (Wildman–Crippen MR) is 88.6 cm³/mol. The summed E-state index contributed by atoms with van der Waals surface area (Å²) >= 11 is 1.57. The van der Waals surface area contributed by atoms with Crippen LogP contribution in [0.1, 0.15) is 5.56 Å². The molecular weight excluding hydrogens is 298 g/mol. The fourth-order valence-electron chi connectivity index (χ4n) is 2.10. The Morgan fingerprint density at radius 1 is 1.32 bits per heavy atom. The minimum Gasteiger partial charge on any atom is -0.491 e. The van der Waals surface area contributed by atoms with Gasteiger partial charge in [-0.3, -0.25) is 0 Å². The second-order valence-electron chi connectivity index (χ2n) is 5.02. The maximum absolute atomic E-state index is 10.0. The van der Waals surface area contributed by atoms with E-state index in [2.05, 4.69) is 15.3 Å². The zero-order chi connectivity index (χ0) is 15.4. The third kappa shape index (κ3) is 3.52. The first-order valence-electron chi connectivity index (χ1n) is 7.02. The average Bonchev–Trinajstić information content (AvgIpc) is 3.00. The normalized spacial score (nSPS) is 12.3. The molecule has 3 aromatic rings. The second kappa shape index (κ2) is 6.72. The molecule has 3 rings (SSSR count). The van der Waals surface area contributed by atoms with Crippen molar-refractivity contribution >= 4 is 27.4 Å². The highest BCUT2D eigenvalue weighted by atomic mass is 32.1. The monoisotopic (exact) mass is 315 g/mol. The van der Waals surface area contributed by atoms with Gasteiger partial charge in [-0.1, -0.05) is 12.1 Å². The summed E-state index contributed by atoms with van der Waals surface area (Å²) in [6.07, 6.45) is 0.903. The van der Waals surface area contributed by atoms with E-state index in [1.165, 1.54) is 6.33 Å². The molecule has 2 aromatic heterocycles. The number of nitrogens with zero attached hydrogens (tertiary/aromatic N) is 2. The van der Waals surface area contributed by atoms with Crippen molar-refractivity contribution < 1.29 is 9.84 Å². The van der Waals surface area contributed by atoms with Gasteiger partial charge in [-0.15, -0.1) is 11.3 Å². The van der Waals surface area contributed by atoms with Crippen molar-refractivity contribution in [2.45, 2.75) is 13.0 Å². The molecule has 0 saturated carbocycles. The summed E-state index contributed by atoms with van der Waals surface area (Å²) in [6, 6.07) is 9.74. The second-order valence-corrected chi connectivity index (χ2v) is 5.92. The number of aliphatic hydroxyl groups is 1. The quantitative estimate of drug-likeness (QED) is 0.732. The first-order chi connectivity index (χ1) is 10.7. The molecule has 114 valence electrons. The van der Waals surface area contributed by atoms with Gasteiger partial charge in [0.15, 0.2) is 0 Å². The molecule has 0 bridgehead atoms. The molecule has 0 fully saturated rings. The number of rotatable bonds is 6. The smallest absolute Gasteiger partial charge is 0.138 e. The van der Waals surface area contributed by atoms with Gasteiger partial charge in [-0.25, -0.2) is 9.97 Å². The number of thiophene rings is 1. The van der Waals surface area contributed by atoms with Crippen LogP contribution in [0.3, 0.4) is 0 Å². The highest BCUT2D eigenvalue weighted by Gasteiger charge is 2.09. The first-order valence-corrected chi connectivity index (χ1v) is 7.90. The summed E-state index contributed by atoms with van der Waals surface area (Å²) in [5.74, 6) is 1.50. The van der Waals surface area contributed by atoms with Crippen LogP contribution in [-0.2, 0) is 0 Å². The molecule has 5 nitrogen and oxygen atoms in total. The van der Waals surface area contributed by atoms with E-state index in [1.54, 1.807) is 11.3 Å². The van der Waals surface area contributed by atoms with Crippen molar-refractivity contribution in [1.29, 1.82) is 0 Å². The van der Waals surface area contributed by atoms with Crippen LogP contribution < -0.4 is 10.1 Å². The van der Waals surface area contributed by atoms with Crippen molar-refractivity contribution in [2.75, 3.05) is 18.5 Å². The molecule has 2 heterocycles. The van der Waals surface area contributed by atoms with Gasteiger partial charge in [0, 0.05) is 6.54 Å². The topological polar surface area (TPSA) is 67.3 Å². The molecule has 1 aromatic carbocycles. The van der Waals surface area contributed by atoms with Crippen LogP contribution in [0, 0.1) is 6.92 Å². The third-order valence-corrected chi connectivity index (χ3v) is 4.02. The van der Waals surface area contributed by atoms with Crippen LogP contribution >= 0.6 is 11.3 Å². The standard InChI is InChI=1S/C16H17N3O2S/c1-11-3-2-4-13(7-11)21-9-12(20)8-17-15-14-5-6-22-16(14)19-10-18-15/h2-7,10,12,20H,8-9H2,1H3,(H,17,18,19). The van der Waals surface area contributed by atoms with Gasteiger partial charge in [0.05, 0.1) is 5.39 Å². The van der Waals surface area contributed by atoms with Gasteiger partial charge in [0.1, 0.15) is 35.4 Å². The molecule has 0 radical (unpaired) electrons. The molecule has 1 unspecified atom stereocenters. The molecule has 22 heavy (non-hydrogen) atoms. The van der Waals surface area contributed by atoms with Gasteiger partial charge in [-0.2, -0.15) is 0 Å². The van der Waals surface area contributed by atoms with E-state index in [0.29, 0.717) is 6.54 Å². The molecule has 0 aliphatic rings. The summed E-state index contributed by atoms with van der Waals surface area (Å²) < 4.78 is 5.59. The maximum Gasteiger partial charge on any atom is 0.138 e. The van der Waals surface area contributed by atoms with Crippen LogP contribution in [0.4, 0.5) is 5.82 Å². The van der Waals surface area contributed by atoms with E-state index < -0.39 is 6.10 Å². The van der Waals surface area contributed by atoms with Crippen molar-refractivity contribution in [3.05, 3.63) is 47.6 Å². The Labute approximate surface area is 132 Å². The SMILES string of the molecule is Cc1cccc(OCC(O)CNc2ncnc3sccc23)c1. The molecule has 0 spiro atoms. The van der Waals surface area contributed by atoms with Gasteiger partial charge in [0.25, 0.3) is 0 Å². The number of anilines is 1. The number of aromatic nitrogens is 2. The first kappa shape index (κ1) is 14.7. The number of aryl methyl sites for hydroxylation is 1. The highest BCUT2D eigenvalue weighted by molar-refractivity contribution is 7.16. The molecule has 0 saturated heterocycles. The molecule has 0 amide bonds. The van der Waals surface area contributed by atoms with Crippen LogP contribution in [0.2, 0.25) is 0 Å². The lowest BCUT2D eigenvalue weighted by atomic mass is 10.2. The minimum atomic E-state index is -0.621. The highest BCUT2D eigenvalue weighted by Crippen LogP contribution is 2.23. The van der Waals surface area contributed by atoms with E-state index in [1.807, 2.05) is 42.6 Å². The molecule has 1 atom stereocenters. The van der Waals surface area contributed by atoms with E-state index in [4.69, 9.17) is 4.74 Å². The third-order valence-electron chi connectivity index (χ3n) is 3.20. The maximum atomic E-state index is 10.0. The molecule has 2 N–H and O–H groups in total. The number of fused-ring (bicyclic) bond motifs is 1. The number of hydrogen-bond acceptors (Lipinski definition) is 6. The lowest BCUT2D eigenvalue weighted by Gasteiger charge is -2.14. The lowest BCUT2D eigenvalue weighted by Crippen LogP contribution is -2.26.